The summed E-state index contributed by atoms with van der Waals surface area (Å²) in [5.41, 5.74) is -1.12. The van der Waals surface area contributed by atoms with E-state index in [4.69, 9.17) is 9.47 Å². The van der Waals surface area contributed by atoms with Crippen LogP contribution in [0.2, 0.25) is 0 Å². The van der Waals surface area contributed by atoms with Crippen molar-refractivity contribution in [3.05, 3.63) is 23.8 Å². The molecular formula is C20H28F2N2O6S. The van der Waals surface area contributed by atoms with Gasteiger partial charge < -0.3 is 14.8 Å². The zero-order valence-corrected chi connectivity index (χ0v) is 18.8. The molecular weight excluding hydrogens is 434 g/mol. The van der Waals surface area contributed by atoms with Crippen LogP contribution in [0.4, 0.5) is 13.6 Å². The van der Waals surface area contributed by atoms with Crippen LogP contribution in [0.1, 0.15) is 52.5 Å². The maximum absolute atomic E-state index is 13.2. The molecule has 1 amide bonds. The SMILES string of the molecule is CC(=O)COc1cc(S(=O)(=O)N2CCC(NC(=O)OC(C)(C)C)CC2)ccc1C(F)F. The number of alkyl halides is 2. The first-order chi connectivity index (χ1) is 14.3. The van der Waals surface area contributed by atoms with Gasteiger partial charge in [-0.1, -0.05) is 0 Å². The van der Waals surface area contributed by atoms with Crippen LogP contribution in [0.25, 0.3) is 0 Å². The van der Waals surface area contributed by atoms with Gasteiger partial charge in [-0.2, -0.15) is 4.31 Å². The molecule has 0 aliphatic carbocycles. The van der Waals surface area contributed by atoms with Gasteiger partial charge in [0.15, 0.2) is 5.78 Å². The number of carbonyl (C=O) groups excluding carboxylic acids is 2. The molecule has 0 radical (unpaired) electrons. The van der Waals surface area contributed by atoms with Crippen LogP contribution in [0.15, 0.2) is 23.1 Å². The molecule has 11 heteroatoms. The van der Waals surface area contributed by atoms with E-state index in [1.165, 1.54) is 11.2 Å². The number of benzene rings is 1. The highest BCUT2D eigenvalue weighted by Gasteiger charge is 2.31. The molecule has 1 fully saturated rings. The Morgan fingerprint density at radius 1 is 1.23 bits per heavy atom. The van der Waals surface area contributed by atoms with Gasteiger partial charge in [-0.05, 0) is 52.7 Å². The predicted molar refractivity (Wildman–Crippen MR) is 109 cm³/mol. The zero-order chi connectivity index (χ0) is 23.4. The van der Waals surface area contributed by atoms with E-state index in [2.05, 4.69) is 5.32 Å². The Kier molecular flexibility index (Phi) is 7.98. The highest BCUT2D eigenvalue weighted by atomic mass is 32.2. The molecule has 0 atom stereocenters. The maximum atomic E-state index is 13.2. The van der Waals surface area contributed by atoms with Gasteiger partial charge in [0.05, 0.1) is 10.5 Å². The summed E-state index contributed by atoms with van der Waals surface area (Å²) >= 11 is 0. The van der Waals surface area contributed by atoms with Crippen molar-refractivity contribution in [3.8, 4) is 5.75 Å². The van der Waals surface area contributed by atoms with Crippen LogP contribution in [0, 0.1) is 0 Å². The average Bonchev–Trinajstić information content (AvgIpc) is 2.64. The van der Waals surface area contributed by atoms with E-state index >= 15 is 0 Å². The van der Waals surface area contributed by atoms with Crippen molar-refractivity contribution in [1.82, 2.24) is 9.62 Å². The Hall–Kier alpha value is -2.27. The lowest BCUT2D eigenvalue weighted by Gasteiger charge is -2.32. The van der Waals surface area contributed by atoms with Gasteiger partial charge in [-0.15, -0.1) is 0 Å². The lowest BCUT2D eigenvalue weighted by atomic mass is 10.1. The summed E-state index contributed by atoms with van der Waals surface area (Å²) in [7, 11) is -3.97. The molecule has 1 aliphatic heterocycles. The first kappa shape index (κ1) is 25.0. The van der Waals surface area contributed by atoms with E-state index in [0.717, 1.165) is 18.2 Å². The molecule has 174 valence electrons. The number of alkyl carbamates (subject to hydrolysis) is 1. The van der Waals surface area contributed by atoms with Crippen molar-refractivity contribution in [3.63, 3.8) is 0 Å². The van der Waals surface area contributed by atoms with Crippen LogP contribution in [-0.2, 0) is 19.6 Å². The van der Waals surface area contributed by atoms with Gasteiger partial charge in [0.2, 0.25) is 10.0 Å². The number of hydrogen-bond acceptors (Lipinski definition) is 6. The van der Waals surface area contributed by atoms with E-state index < -0.39 is 40.3 Å². The molecule has 2 rings (SSSR count). The lowest BCUT2D eigenvalue weighted by molar-refractivity contribution is -0.118. The smallest absolute Gasteiger partial charge is 0.407 e. The second-order valence-electron chi connectivity index (χ2n) is 8.32. The van der Waals surface area contributed by atoms with Crippen LogP contribution in [-0.4, -0.2) is 55.9 Å². The molecule has 1 aromatic rings. The molecule has 1 N–H and O–H groups in total. The molecule has 8 nitrogen and oxygen atoms in total. The third-order valence-electron chi connectivity index (χ3n) is 4.46. The van der Waals surface area contributed by atoms with Crippen molar-refractivity contribution in [2.45, 2.75) is 63.5 Å². The number of ether oxygens (including phenoxy) is 2. The molecule has 0 unspecified atom stereocenters. The first-order valence-corrected chi connectivity index (χ1v) is 11.3. The number of ketones is 1. The fourth-order valence-electron chi connectivity index (χ4n) is 3.02. The monoisotopic (exact) mass is 462 g/mol. The summed E-state index contributed by atoms with van der Waals surface area (Å²) in [5.74, 6) is -0.721. The number of amides is 1. The minimum atomic E-state index is -3.97. The highest BCUT2D eigenvalue weighted by molar-refractivity contribution is 7.89. The first-order valence-electron chi connectivity index (χ1n) is 9.83. The number of nitrogens with one attached hydrogen (secondary N) is 1. The number of nitrogens with zero attached hydrogens (tertiary/aromatic N) is 1. The van der Waals surface area contributed by atoms with Gasteiger partial charge in [-0.3, -0.25) is 4.79 Å². The number of rotatable bonds is 7. The highest BCUT2D eigenvalue weighted by Crippen LogP contribution is 2.32. The second kappa shape index (κ2) is 9.90. The standard InChI is InChI=1S/C20H28F2N2O6S/c1-13(25)12-29-17-11-15(5-6-16(17)18(21)22)31(27,28)24-9-7-14(8-10-24)23-19(26)30-20(2,3)4/h5-6,11,14,18H,7-10,12H2,1-4H3,(H,23,26). The Balaban J connectivity index is 2.09. The zero-order valence-electron chi connectivity index (χ0n) is 18.0. The summed E-state index contributed by atoms with van der Waals surface area (Å²) in [6.45, 7) is 6.31. The van der Waals surface area contributed by atoms with Gasteiger partial charge in [0.1, 0.15) is 18.0 Å². The second-order valence-corrected chi connectivity index (χ2v) is 10.3. The average molecular weight is 463 g/mol. The molecule has 1 saturated heterocycles. The van der Waals surface area contributed by atoms with Crippen molar-refractivity contribution in [2.24, 2.45) is 0 Å². The minimum absolute atomic E-state index is 0.142. The topological polar surface area (TPSA) is 102 Å². The summed E-state index contributed by atoms with van der Waals surface area (Å²) in [5, 5.41) is 2.73. The molecule has 31 heavy (non-hydrogen) atoms. The Morgan fingerprint density at radius 2 is 1.84 bits per heavy atom. The number of hydrogen-bond donors (Lipinski definition) is 1. The van der Waals surface area contributed by atoms with Crippen LogP contribution >= 0.6 is 0 Å². The van der Waals surface area contributed by atoms with Crippen molar-refractivity contribution in [2.75, 3.05) is 19.7 Å². The number of halogens is 2. The van der Waals surface area contributed by atoms with Crippen LogP contribution in [0.5, 0.6) is 5.75 Å². The number of Topliss-reactive ketones (excluding diaryl/α,β-unsaturated/α-hetero) is 1. The van der Waals surface area contributed by atoms with Gasteiger partial charge in [-0.25, -0.2) is 22.0 Å². The summed E-state index contributed by atoms with van der Waals surface area (Å²) in [6.07, 6.45) is -2.69. The number of piperidine rings is 1. The molecule has 1 aromatic carbocycles. The van der Waals surface area contributed by atoms with E-state index in [-0.39, 0.29) is 35.6 Å². The summed E-state index contributed by atoms with van der Waals surface area (Å²) < 4.78 is 63.9. The van der Waals surface area contributed by atoms with Crippen LogP contribution < -0.4 is 10.1 Å². The predicted octanol–water partition coefficient (Wildman–Crippen LogP) is 3.27. The third-order valence-corrected chi connectivity index (χ3v) is 6.36. The molecule has 0 spiro atoms. The summed E-state index contributed by atoms with van der Waals surface area (Å²) in [4.78, 5) is 22.8. The number of sulfonamides is 1. The Bertz CT molecular complexity index is 907. The lowest BCUT2D eigenvalue weighted by Crippen LogP contribution is -2.47. The quantitative estimate of drug-likeness (QED) is 0.667. The molecule has 1 heterocycles. The number of carbonyl (C=O) groups is 2. The van der Waals surface area contributed by atoms with Gasteiger partial charge in [0, 0.05) is 25.2 Å². The van der Waals surface area contributed by atoms with E-state index in [0.29, 0.717) is 12.8 Å². The van der Waals surface area contributed by atoms with E-state index in [1.54, 1.807) is 20.8 Å². The van der Waals surface area contributed by atoms with Gasteiger partial charge >= 0.3 is 6.09 Å². The van der Waals surface area contributed by atoms with Crippen molar-refractivity contribution >= 4 is 21.9 Å². The minimum Gasteiger partial charge on any atom is -0.485 e. The maximum Gasteiger partial charge on any atom is 0.407 e. The Morgan fingerprint density at radius 3 is 2.35 bits per heavy atom. The fraction of sp³-hybridized carbons (Fsp3) is 0.600. The van der Waals surface area contributed by atoms with E-state index in [9.17, 15) is 26.8 Å². The van der Waals surface area contributed by atoms with E-state index in [1.807, 2.05) is 0 Å². The molecule has 0 aromatic heterocycles. The van der Waals surface area contributed by atoms with Crippen LogP contribution in [0.3, 0.4) is 0 Å². The third kappa shape index (κ3) is 7.13. The Labute approximate surface area is 180 Å². The van der Waals surface area contributed by atoms with Crippen molar-refractivity contribution in [1.29, 1.82) is 0 Å². The fourth-order valence-corrected chi connectivity index (χ4v) is 4.51. The van der Waals surface area contributed by atoms with Gasteiger partial charge in [0.25, 0.3) is 6.43 Å². The summed E-state index contributed by atoms with van der Waals surface area (Å²) in [6, 6.07) is 2.87. The molecule has 0 bridgehead atoms. The molecule has 1 aliphatic rings. The normalized spacial score (nSPS) is 16.2. The largest absolute Gasteiger partial charge is 0.485 e. The van der Waals surface area contributed by atoms with Crippen molar-refractivity contribution < 1.29 is 36.3 Å². The molecule has 0 saturated carbocycles.